The third kappa shape index (κ3) is 5.67. The standard InChI is InChI=1S/C23H36N4O2/c1-7-17(8-2)18(9-3)24-15-19-22(23(4,5)6)25-20-14-16(12-13-27(19)20)10-11-21(28)26-29/h10-14,17-18,24,29H,7-9,15H2,1-6H3,(H,26,28)/b11-10+. The Bertz CT molecular complexity index is 844. The normalized spacial score (nSPS) is 13.5. The van der Waals surface area contributed by atoms with E-state index in [0.29, 0.717) is 12.0 Å². The largest absolute Gasteiger partial charge is 0.308 e. The van der Waals surface area contributed by atoms with Gasteiger partial charge < -0.3 is 9.72 Å². The summed E-state index contributed by atoms with van der Waals surface area (Å²) in [6.07, 6.45) is 8.42. The number of hydroxylamine groups is 1. The highest BCUT2D eigenvalue weighted by Crippen LogP contribution is 2.27. The van der Waals surface area contributed by atoms with Crippen molar-refractivity contribution >= 4 is 17.6 Å². The number of hydrogen-bond acceptors (Lipinski definition) is 4. The number of pyridine rings is 1. The Labute approximate surface area is 174 Å². The van der Waals surface area contributed by atoms with E-state index in [-0.39, 0.29) is 5.41 Å². The van der Waals surface area contributed by atoms with Crippen LogP contribution in [0.3, 0.4) is 0 Å². The van der Waals surface area contributed by atoms with E-state index in [2.05, 4.69) is 51.3 Å². The van der Waals surface area contributed by atoms with Gasteiger partial charge in [0.2, 0.25) is 0 Å². The summed E-state index contributed by atoms with van der Waals surface area (Å²) in [4.78, 5) is 16.2. The van der Waals surface area contributed by atoms with Gasteiger partial charge in [0, 0.05) is 30.3 Å². The molecule has 0 aromatic carbocycles. The number of carbonyl (C=O) groups excluding carboxylic acids is 1. The van der Waals surface area contributed by atoms with Gasteiger partial charge in [-0.2, -0.15) is 0 Å². The molecule has 29 heavy (non-hydrogen) atoms. The van der Waals surface area contributed by atoms with Crippen LogP contribution in [0.1, 0.15) is 77.8 Å². The average Bonchev–Trinajstić information content (AvgIpc) is 3.07. The first-order valence-corrected chi connectivity index (χ1v) is 10.6. The molecule has 160 valence electrons. The molecular weight excluding hydrogens is 364 g/mol. The summed E-state index contributed by atoms with van der Waals surface area (Å²) in [7, 11) is 0. The highest BCUT2D eigenvalue weighted by molar-refractivity contribution is 5.90. The fourth-order valence-corrected chi connectivity index (χ4v) is 3.92. The monoisotopic (exact) mass is 400 g/mol. The predicted octanol–water partition coefficient (Wildman–Crippen LogP) is 4.45. The van der Waals surface area contributed by atoms with Crippen molar-refractivity contribution < 1.29 is 10.0 Å². The van der Waals surface area contributed by atoms with Crippen LogP contribution in [-0.4, -0.2) is 26.5 Å². The Balaban J connectivity index is 2.39. The van der Waals surface area contributed by atoms with Crippen molar-refractivity contribution in [1.82, 2.24) is 20.2 Å². The molecule has 0 saturated carbocycles. The van der Waals surface area contributed by atoms with Crippen LogP contribution in [0.5, 0.6) is 0 Å². The maximum Gasteiger partial charge on any atom is 0.267 e. The molecule has 0 aliphatic carbocycles. The number of rotatable bonds is 9. The molecule has 0 aliphatic heterocycles. The summed E-state index contributed by atoms with van der Waals surface area (Å²) in [5.74, 6) is 0.118. The Kier molecular flexibility index (Phi) is 7.99. The number of nitrogens with zero attached hydrogens (tertiary/aromatic N) is 2. The summed E-state index contributed by atoms with van der Waals surface area (Å²) in [5.41, 5.74) is 5.50. The van der Waals surface area contributed by atoms with E-state index in [4.69, 9.17) is 10.2 Å². The molecule has 2 aromatic heterocycles. The number of carbonyl (C=O) groups is 1. The second-order valence-electron chi connectivity index (χ2n) is 8.63. The van der Waals surface area contributed by atoms with Crippen LogP contribution in [0.4, 0.5) is 0 Å². The smallest absolute Gasteiger partial charge is 0.267 e. The molecule has 2 heterocycles. The Hall–Kier alpha value is -2.18. The van der Waals surface area contributed by atoms with Crippen molar-refractivity contribution in [2.75, 3.05) is 0 Å². The summed E-state index contributed by atoms with van der Waals surface area (Å²) in [5, 5.41) is 12.4. The van der Waals surface area contributed by atoms with Crippen LogP contribution in [0, 0.1) is 5.92 Å². The van der Waals surface area contributed by atoms with Gasteiger partial charge in [-0.25, -0.2) is 10.5 Å². The topological polar surface area (TPSA) is 78.7 Å². The second-order valence-corrected chi connectivity index (χ2v) is 8.63. The van der Waals surface area contributed by atoms with E-state index >= 15 is 0 Å². The Morgan fingerprint density at radius 1 is 1.24 bits per heavy atom. The SMILES string of the molecule is CCC(CC)C(CC)NCc1c(C(C)(C)C)nc2cc(/C=C/C(=O)NO)ccn12. The molecule has 1 unspecified atom stereocenters. The minimum atomic E-state index is -0.555. The zero-order valence-corrected chi connectivity index (χ0v) is 18.6. The van der Waals surface area contributed by atoms with Crippen LogP contribution in [-0.2, 0) is 16.8 Å². The van der Waals surface area contributed by atoms with Gasteiger partial charge in [0.1, 0.15) is 5.65 Å². The molecule has 0 fully saturated rings. The van der Waals surface area contributed by atoms with Crippen molar-refractivity contribution in [3.63, 3.8) is 0 Å². The van der Waals surface area contributed by atoms with Crippen LogP contribution in [0.25, 0.3) is 11.7 Å². The maximum atomic E-state index is 11.2. The van der Waals surface area contributed by atoms with Gasteiger partial charge in [0.25, 0.3) is 5.91 Å². The van der Waals surface area contributed by atoms with E-state index in [9.17, 15) is 4.79 Å². The van der Waals surface area contributed by atoms with E-state index in [0.717, 1.165) is 29.9 Å². The van der Waals surface area contributed by atoms with Gasteiger partial charge in [0.15, 0.2) is 0 Å². The number of nitrogens with one attached hydrogen (secondary N) is 2. The fourth-order valence-electron chi connectivity index (χ4n) is 3.92. The summed E-state index contributed by atoms with van der Waals surface area (Å²) >= 11 is 0. The van der Waals surface area contributed by atoms with Crippen LogP contribution >= 0.6 is 0 Å². The van der Waals surface area contributed by atoms with Crippen molar-refractivity contribution in [3.05, 3.63) is 41.4 Å². The summed E-state index contributed by atoms with van der Waals surface area (Å²) in [6.45, 7) is 14.1. The lowest BCUT2D eigenvalue weighted by Crippen LogP contribution is -2.35. The molecule has 0 spiro atoms. The van der Waals surface area contributed by atoms with Crippen molar-refractivity contribution in [1.29, 1.82) is 0 Å². The average molecular weight is 401 g/mol. The molecule has 2 aromatic rings. The molecule has 6 nitrogen and oxygen atoms in total. The van der Waals surface area contributed by atoms with E-state index in [1.807, 2.05) is 18.3 Å². The minimum absolute atomic E-state index is 0.0769. The first kappa shape index (κ1) is 23.1. The molecular formula is C23H36N4O2. The molecule has 1 atom stereocenters. The van der Waals surface area contributed by atoms with Gasteiger partial charge in [0.05, 0.1) is 11.4 Å². The molecule has 0 radical (unpaired) electrons. The van der Waals surface area contributed by atoms with Crippen LogP contribution < -0.4 is 10.8 Å². The van der Waals surface area contributed by atoms with E-state index in [1.54, 1.807) is 11.6 Å². The van der Waals surface area contributed by atoms with Crippen LogP contribution in [0.15, 0.2) is 24.4 Å². The number of fused-ring (bicyclic) bond motifs is 1. The zero-order valence-electron chi connectivity index (χ0n) is 18.6. The molecule has 0 bridgehead atoms. The maximum absolute atomic E-state index is 11.2. The highest BCUT2D eigenvalue weighted by Gasteiger charge is 2.25. The predicted molar refractivity (Wildman–Crippen MR) is 118 cm³/mol. The third-order valence-electron chi connectivity index (χ3n) is 5.59. The van der Waals surface area contributed by atoms with Crippen molar-refractivity contribution in [2.24, 2.45) is 5.92 Å². The van der Waals surface area contributed by atoms with E-state index in [1.165, 1.54) is 24.6 Å². The molecule has 0 aliphatic rings. The summed E-state index contributed by atoms with van der Waals surface area (Å²) < 4.78 is 2.14. The molecule has 1 amide bonds. The first-order chi connectivity index (χ1) is 13.7. The Morgan fingerprint density at radius 2 is 1.93 bits per heavy atom. The van der Waals surface area contributed by atoms with Gasteiger partial charge in [-0.15, -0.1) is 0 Å². The molecule has 2 rings (SSSR count). The third-order valence-corrected chi connectivity index (χ3v) is 5.59. The zero-order chi connectivity index (χ0) is 21.6. The lowest BCUT2D eigenvalue weighted by molar-refractivity contribution is -0.124. The lowest BCUT2D eigenvalue weighted by atomic mass is 9.90. The molecule has 3 N–H and O–H groups in total. The first-order valence-electron chi connectivity index (χ1n) is 10.6. The quantitative estimate of drug-likeness (QED) is 0.330. The lowest BCUT2D eigenvalue weighted by Gasteiger charge is -2.26. The minimum Gasteiger partial charge on any atom is -0.308 e. The number of amides is 1. The highest BCUT2D eigenvalue weighted by atomic mass is 16.5. The van der Waals surface area contributed by atoms with E-state index < -0.39 is 5.91 Å². The number of imidazole rings is 1. The Morgan fingerprint density at radius 3 is 2.48 bits per heavy atom. The van der Waals surface area contributed by atoms with Crippen molar-refractivity contribution in [3.8, 4) is 0 Å². The van der Waals surface area contributed by atoms with Gasteiger partial charge in [-0.05, 0) is 36.1 Å². The molecule has 0 saturated heterocycles. The number of aromatic nitrogens is 2. The van der Waals surface area contributed by atoms with Crippen LogP contribution in [0.2, 0.25) is 0 Å². The fraction of sp³-hybridized carbons (Fsp3) is 0.565. The molecule has 6 heteroatoms. The summed E-state index contributed by atoms with van der Waals surface area (Å²) in [6, 6.07) is 4.39. The number of hydrogen-bond donors (Lipinski definition) is 3. The van der Waals surface area contributed by atoms with Gasteiger partial charge in [-0.1, -0.05) is 54.4 Å². The van der Waals surface area contributed by atoms with Crippen molar-refractivity contribution in [2.45, 2.75) is 78.8 Å². The van der Waals surface area contributed by atoms with Gasteiger partial charge in [-0.3, -0.25) is 10.0 Å². The van der Waals surface area contributed by atoms with Gasteiger partial charge >= 0.3 is 0 Å². The second kappa shape index (κ2) is 10.0.